The lowest BCUT2D eigenvalue weighted by Gasteiger charge is -2.15. The summed E-state index contributed by atoms with van der Waals surface area (Å²) in [6.07, 6.45) is -4.33. The normalized spacial score (nSPS) is 11.6. The first-order valence-corrected chi connectivity index (χ1v) is 7.92. The smallest absolute Gasteiger partial charge is 0.416 e. The molecule has 2 nitrogen and oxygen atoms in total. The molecular weight excluding hydrogens is 315 g/mol. The molecular formula is C19H22F3NO. The van der Waals surface area contributed by atoms with Gasteiger partial charge in [0.1, 0.15) is 12.4 Å². The summed E-state index contributed by atoms with van der Waals surface area (Å²) in [6, 6.07) is 11.2. The van der Waals surface area contributed by atoms with Gasteiger partial charge < -0.3 is 10.1 Å². The van der Waals surface area contributed by atoms with Crippen molar-refractivity contribution < 1.29 is 17.9 Å². The van der Waals surface area contributed by atoms with Crippen molar-refractivity contribution in [2.45, 2.75) is 32.9 Å². The van der Waals surface area contributed by atoms with Crippen molar-refractivity contribution in [3.63, 3.8) is 0 Å². The molecule has 0 unspecified atom stereocenters. The molecule has 2 rings (SSSR count). The van der Waals surface area contributed by atoms with Gasteiger partial charge in [-0.1, -0.05) is 32.0 Å². The first kappa shape index (κ1) is 18.2. The molecule has 0 radical (unpaired) electrons. The molecule has 0 saturated heterocycles. The van der Waals surface area contributed by atoms with Crippen LogP contribution in [0.2, 0.25) is 0 Å². The second-order valence-electron chi connectivity index (χ2n) is 6.05. The average molecular weight is 337 g/mol. The third-order valence-electron chi connectivity index (χ3n) is 3.67. The van der Waals surface area contributed by atoms with Gasteiger partial charge in [-0.05, 0) is 48.2 Å². The highest BCUT2D eigenvalue weighted by atomic mass is 19.4. The Hall–Kier alpha value is -2.17. The van der Waals surface area contributed by atoms with Crippen molar-refractivity contribution in [3.05, 3.63) is 59.2 Å². The number of hydrogen-bond donors (Lipinski definition) is 1. The third kappa shape index (κ3) is 4.91. The van der Waals surface area contributed by atoms with E-state index in [0.29, 0.717) is 24.8 Å². The van der Waals surface area contributed by atoms with Crippen LogP contribution in [0.5, 0.6) is 5.75 Å². The predicted octanol–water partition coefficient (Wildman–Crippen LogP) is 5.63. The van der Waals surface area contributed by atoms with Gasteiger partial charge in [0.2, 0.25) is 0 Å². The summed E-state index contributed by atoms with van der Waals surface area (Å²) in [4.78, 5) is 0. The van der Waals surface area contributed by atoms with E-state index in [0.717, 1.165) is 29.0 Å². The second-order valence-corrected chi connectivity index (χ2v) is 6.05. The van der Waals surface area contributed by atoms with Crippen molar-refractivity contribution in [2.75, 3.05) is 18.5 Å². The molecule has 0 aliphatic rings. The summed E-state index contributed by atoms with van der Waals surface area (Å²) in [5, 5.41) is 2.97. The van der Waals surface area contributed by atoms with Crippen molar-refractivity contribution in [1.82, 2.24) is 0 Å². The highest BCUT2D eigenvalue weighted by Crippen LogP contribution is 2.30. The van der Waals surface area contributed by atoms with Crippen LogP contribution in [0.1, 0.15) is 36.5 Å². The Morgan fingerprint density at radius 1 is 1.08 bits per heavy atom. The van der Waals surface area contributed by atoms with E-state index in [1.807, 2.05) is 19.1 Å². The van der Waals surface area contributed by atoms with E-state index in [9.17, 15) is 13.2 Å². The van der Waals surface area contributed by atoms with Gasteiger partial charge in [0.15, 0.2) is 0 Å². The molecule has 2 aromatic carbocycles. The van der Waals surface area contributed by atoms with Gasteiger partial charge in [-0.3, -0.25) is 0 Å². The van der Waals surface area contributed by atoms with Crippen LogP contribution in [-0.2, 0) is 6.18 Å². The lowest BCUT2D eigenvalue weighted by atomic mass is 10.0. The van der Waals surface area contributed by atoms with Crippen molar-refractivity contribution in [2.24, 2.45) is 0 Å². The standard InChI is InChI=1S/C19H22F3NO/c1-13(2)17-8-7-14(3)11-18(17)24-10-9-23-16-6-4-5-15(12-16)19(20,21)22/h4-8,11-13,23H,9-10H2,1-3H3. The average Bonchev–Trinajstić information content (AvgIpc) is 2.51. The maximum atomic E-state index is 12.7. The molecule has 0 aromatic heterocycles. The summed E-state index contributed by atoms with van der Waals surface area (Å²) in [7, 11) is 0. The number of halogens is 3. The largest absolute Gasteiger partial charge is 0.491 e. The van der Waals surface area contributed by atoms with E-state index >= 15 is 0 Å². The molecule has 0 amide bonds. The number of benzene rings is 2. The predicted molar refractivity (Wildman–Crippen MR) is 90.7 cm³/mol. The first-order valence-electron chi connectivity index (χ1n) is 7.92. The van der Waals surface area contributed by atoms with Gasteiger partial charge in [-0.25, -0.2) is 0 Å². The molecule has 0 spiro atoms. The minimum atomic E-state index is -4.33. The molecule has 2 aromatic rings. The molecule has 5 heteroatoms. The first-order chi connectivity index (χ1) is 11.3. The Balaban J connectivity index is 1.93. The molecule has 24 heavy (non-hydrogen) atoms. The fourth-order valence-electron chi connectivity index (χ4n) is 2.41. The Labute approximate surface area is 140 Å². The SMILES string of the molecule is Cc1ccc(C(C)C)c(OCCNc2cccc(C(F)(F)F)c2)c1. The zero-order valence-electron chi connectivity index (χ0n) is 14.1. The molecule has 0 aliphatic carbocycles. The maximum absolute atomic E-state index is 12.7. The van der Waals surface area contributed by atoms with E-state index in [1.54, 1.807) is 6.07 Å². The number of alkyl halides is 3. The quantitative estimate of drug-likeness (QED) is 0.690. The number of anilines is 1. The van der Waals surface area contributed by atoms with Crippen LogP contribution in [0, 0.1) is 6.92 Å². The Bertz CT molecular complexity index is 681. The number of hydrogen-bond acceptors (Lipinski definition) is 2. The Morgan fingerprint density at radius 2 is 1.83 bits per heavy atom. The van der Waals surface area contributed by atoms with Crippen molar-refractivity contribution in [1.29, 1.82) is 0 Å². The van der Waals surface area contributed by atoms with Crippen molar-refractivity contribution in [3.8, 4) is 5.75 Å². The lowest BCUT2D eigenvalue weighted by Crippen LogP contribution is -2.13. The zero-order chi connectivity index (χ0) is 17.7. The zero-order valence-corrected chi connectivity index (χ0v) is 14.1. The fraction of sp³-hybridized carbons (Fsp3) is 0.368. The monoisotopic (exact) mass is 337 g/mol. The van der Waals surface area contributed by atoms with E-state index in [1.165, 1.54) is 6.07 Å². The van der Waals surface area contributed by atoms with E-state index < -0.39 is 11.7 Å². The summed E-state index contributed by atoms with van der Waals surface area (Å²) in [5.41, 5.74) is 2.01. The van der Waals surface area contributed by atoms with Gasteiger partial charge in [0.05, 0.1) is 5.56 Å². The second kappa shape index (κ2) is 7.60. The fourth-order valence-corrected chi connectivity index (χ4v) is 2.41. The van der Waals surface area contributed by atoms with Gasteiger partial charge in [0, 0.05) is 12.2 Å². The van der Waals surface area contributed by atoms with Crippen LogP contribution in [0.15, 0.2) is 42.5 Å². The maximum Gasteiger partial charge on any atom is 0.416 e. The third-order valence-corrected chi connectivity index (χ3v) is 3.67. The highest BCUT2D eigenvalue weighted by molar-refractivity contribution is 5.46. The van der Waals surface area contributed by atoms with Gasteiger partial charge in [-0.15, -0.1) is 0 Å². The van der Waals surface area contributed by atoms with E-state index in [4.69, 9.17) is 4.74 Å². The van der Waals surface area contributed by atoms with Gasteiger partial charge in [0.25, 0.3) is 0 Å². The summed E-state index contributed by atoms with van der Waals surface area (Å²) in [5.74, 6) is 1.17. The summed E-state index contributed by atoms with van der Waals surface area (Å²) in [6.45, 7) is 6.99. The number of aryl methyl sites for hydroxylation is 1. The van der Waals surface area contributed by atoms with Crippen LogP contribution in [0.3, 0.4) is 0 Å². The molecule has 0 fully saturated rings. The van der Waals surface area contributed by atoms with Crippen LogP contribution in [0.25, 0.3) is 0 Å². The minimum absolute atomic E-state index is 0.344. The van der Waals surface area contributed by atoms with Gasteiger partial charge in [-0.2, -0.15) is 13.2 Å². The summed E-state index contributed by atoms with van der Waals surface area (Å²) < 4.78 is 43.9. The van der Waals surface area contributed by atoms with Crippen molar-refractivity contribution >= 4 is 5.69 Å². The lowest BCUT2D eigenvalue weighted by molar-refractivity contribution is -0.137. The van der Waals surface area contributed by atoms with Crippen LogP contribution in [0.4, 0.5) is 18.9 Å². The molecule has 0 heterocycles. The topological polar surface area (TPSA) is 21.3 Å². The number of ether oxygens (including phenoxy) is 1. The molecule has 0 bridgehead atoms. The molecule has 130 valence electrons. The van der Waals surface area contributed by atoms with E-state index in [-0.39, 0.29) is 0 Å². The molecule has 0 atom stereocenters. The van der Waals surface area contributed by atoms with Crippen LogP contribution >= 0.6 is 0 Å². The minimum Gasteiger partial charge on any atom is -0.491 e. The molecule has 1 N–H and O–H groups in total. The Morgan fingerprint density at radius 3 is 2.50 bits per heavy atom. The molecule has 0 saturated carbocycles. The number of rotatable bonds is 6. The Kier molecular flexibility index (Phi) is 5.75. The van der Waals surface area contributed by atoms with E-state index in [2.05, 4.69) is 25.2 Å². The highest BCUT2D eigenvalue weighted by Gasteiger charge is 2.30. The molecule has 0 aliphatic heterocycles. The van der Waals surface area contributed by atoms with Crippen LogP contribution in [-0.4, -0.2) is 13.2 Å². The summed E-state index contributed by atoms with van der Waals surface area (Å²) >= 11 is 0. The van der Waals surface area contributed by atoms with Crippen LogP contribution < -0.4 is 10.1 Å². The van der Waals surface area contributed by atoms with Gasteiger partial charge >= 0.3 is 6.18 Å². The number of nitrogens with one attached hydrogen (secondary N) is 1.